The normalized spacial score (nSPS) is 26.8. The Balaban J connectivity index is 1.02. The van der Waals surface area contributed by atoms with Crippen molar-refractivity contribution in [2.75, 3.05) is 20.2 Å². The molecule has 1 aromatic heterocycles. The lowest BCUT2D eigenvalue weighted by atomic mass is 9.86. The summed E-state index contributed by atoms with van der Waals surface area (Å²) in [6.45, 7) is 2.39. The van der Waals surface area contributed by atoms with Gasteiger partial charge in [-0.25, -0.2) is 4.68 Å². The fourth-order valence-corrected chi connectivity index (χ4v) is 14.9. The largest absolute Gasteiger partial charge is 0.508 e. The highest BCUT2D eigenvalue weighted by atomic mass is 35.5. The molecule has 2 saturated heterocycles. The molecule has 41 heteroatoms. The number of halogens is 4. The SMILES string of the molecule is CN[C@H](CC(C)C)C(=O)N[C@H]1C(=O)N[C@@H](CC(N)=O)C(=O)N[C@H]2C(=O)N[C@H]3C(=O)N[C@H](C(=O)N[C@H](C(=O)NCCCc4cn(-c5ccc(OC(F)F)cc5)nn4)c4cc(O)cc(O)c4-c4cc3ccc4O)[C@H](O)c3ccc(c(Cl)c3)Oc3cc2cc(c3O[C@@H]2O[C@H](CO)[C@@H](O)[C@H](O)[C@H]2O[C@H]2C[C@](C)(N)[C@H](O)[C@H](C)O2)Oc2ccc(cc2Cl)[C@H]1O. The van der Waals surface area contributed by atoms with Crippen LogP contribution in [-0.4, -0.2) is 214 Å². The lowest BCUT2D eigenvalue weighted by Gasteiger charge is -2.47. The van der Waals surface area contributed by atoms with Crippen molar-refractivity contribution in [1.82, 2.24) is 57.5 Å². The van der Waals surface area contributed by atoms with E-state index >= 15 is 19.2 Å². The van der Waals surface area contributed by atoms with Gasteiger partial charge in [0.05, 0.1) is 58.9 Å². The van der Waals surface area contributed by atoms with E-state index in [1.54, 1.807) is 0 Å². The summed E-state index contributed by atoms with van der Waals surface area (Å²) in [6, 6.07) is 5.26. The quantitative estimate of drug-likeness (QED) is 0.0485. The molecule has 18 atom stereocenters. The first kappa shape index (κ1) is 87.1. The van der Waals surface area contributed by atoms with Crippen LogP contribution in [0.2, 0.25) is 10.0 Å². The number of alkyl halides is 2. The molecule has 11 bridgehead atoms. The zero-order chi connectivity index (χ0) is 85.9. The number of fused-ring (bicyclic) bond motifs is 15. The van der Waals surface area contributed by atoms with Gasteiger partial charge in [0, 0.05) is 35.7 Å². The molecule has 7 aliphatic rings. The number of phenols is 3. The van der Waals surface area contributed by atoms with Gasteiger partial charge in [0.1, 0.15) is 101 Å². The van der Waals surface area contributed by atoms with Gasteiger partial charge in [0.2, 0.25) is 59.3 Å². The van der Waals surface area contributed by atoms with Gasteiger partial charge in [-0.1, -0.05) is 60.5 Å². The number of nitrogens with two attached hydrogens (primary N) is 2. The summed E-state index contributed by atoms with van der Waals surface area (Å²) in [6.07, 6.45) is -17.0. The van der Waals surface area contributed by atoms with Crippen LogP contribution in [0.3, 0.4) is 0 Å². The number of nitrogens with one attached hydrogen (secondary N) is 8. The van der Waals surface area contributed by atoms with Gasteiger partial charge >= 0.3 is 6.61 Å². The number of primary amides is 1. The molecule has 7 aromatic rings. The zero-order valence-electron chi connectivity index (χ0n) is 64.0. The summed E-state index contributed by atoms with van der Waals surface area (Å²) in [5.74, 6) is -15.3. The lowest BCUT2D eigenvalue weighted by Crippen LogP contribution is -2.64. The number of carbonyl (C=O) groups is 8. The maximum Gasteiger partial charge on any atom is 0.387 e. The third-order valence-corrected chi connectivity index (χ3v) is 21.2. The highest BCUT2D eigenvalue weighted by Gasteiger charge is 2.52. The summed E-state index contributed by atoms with van der Waals surface area (Å²) < 4.78 is 70.1. The number of ether oxygens (including phenoxy) is 7. The predicted octanol–water partition coefficient (Wildman–Crippen LogP) is 1.95. The van der Waals surface area contributed by atoms with E-state index < -0.39 is 244 Å². The first-order chi connectivity index (χ1) is 56.5. The number of carbonyl (C=O) groups excluding carboxylic acids is 8. The van der Waals surface area contributed by atoms with Crippen molar-refractivity contribution in [3.8, 4) is 68.6 Å². The standard InChI is InChI=1S/C78H87Cl2F2N13O24/c1-31(2)19-45(85-5)69(106)91-60-62(101)34-9-16-49(43(79)21-34)115-51-23-36-24-52(66(51)119-76-67(65(104)64(103)53(30-96)117-76)118-55-28-78(4,84)68(105)32(3)113-55)116-50-17-10-35(22-44(50)80)63(102)61-75(112)90-59(71(108)86-18-6-7-37-29-95(94-93-37)38-11-13-40(14-12-38)114-77(81)82)42-25-39(97)26-48(99)56(42)41-20-33(8-15-47(41)98)57(72(109)92-61)89-73(110)58(36)88-70(107)46(27-54(83)100)87-74(60)111/h8-17,20-26,29,31-32,45-46,53,55,57-65,67-68,76-77,85,96-99,101-105H,6-7,18-19,27-28,30,84H2,1-5H3,(H2,83,100)(H,86,108)(H,87,111)(H,88,107)(H,89,110)(H,90,112)(H,91,106)(H,92,109)/t32-,45+,46-,53+,55-,57+,58+,59-,60+,61-,62+,63+,64+,65-,67+,68+,76-,78-/m0/s1. The molecule has 37 nitrogen and oxygen atoms in total. The average Bonchev–Trinajstić information content (AvgIpc) is 1.29. The van der Waals surface area contributed by atoms with Gasteiger partial charge in [-0.3, -0.25) is 38.4 Å². The lowest BCUT2D eigenvalue weighted by molar-refractivity contribution is -0.333. The molecule has 7 aliphatic heterocycles. The molecular weight excluding hydrogens is 1610 g/mol. The van der Waals surface area contributed by atoms with Crippen LogP contribution in [0.5, 0.6) is 51.7 Å². The molecule has 636 valence electrons. The van der Waals surface area contributed by atoms with Crippen LogP contribution in [0, 0.1) is 5.92 Å². The topological polar surface area (TPSA) is 562 Å². The average molecular weight is 1700 g/mol. The molecule has 2 fully saturated rings. The van der Waals surface area contributed by atoms with Crippen LogP contribution in [-0.2, 0) is 59.0 Å². The number of aliphatic hydroxyl groups is 6. The fraction of sp³-hybridized carbons (Fsp3) is 0.410. The minimum atomic E-state index is -3.06. The highest BCUT2D eigenvalue weighted by Crippen LogP contribution is 2.50. The molecule has 0 spiro atoms. The van der Waals surface area contributed by atoms with Crippen LogP contribution >= 0.6 is 23.2 Å². The van der Waals surface area contributed by atoms with Crippen molar-refractivity contribution >= 4 is 70.5 Å². The maximum absolute atomic E-state index is 16.3. The molecule has 0 aliphatic carbocycles. The number of rotatable bonds is 20. The van der Waals surface area contributed by atoms with Crippen molar-refractivity contribution < 1.29 is 126 Å². The van der Waals surface area contributed by atoms with Crippen LogP contribution in [0.25, 0.3) is 16.8 Å². The van der Waals surface area contributed by atoms with Gasteiger partial charge in [-0.05, 0) is 153 Å². The van der Waals surface area contributed by atoms with Crippen molar-refractivity contribution in [2.24, 2.45) is 17.4 Å². The third kappa shape index (κ3) is 19.6. The van der Waals surface area contributed by atoms with E-state index in [0.717, 1.165) is 66.7 Å². The number of likely N-dealkylation sites (N-methyl/N-ethyl adjacent to an activating group) is 1. The maximum atomic E-state index is 16.3. The van der Waals surface area contributed by atoms with Crippen LogP contribution < -0.4 is 72.9 Å². The van der Waals surface area contributed by atoms with Gasteiger partial charge < -0.3 is 133 Å². The number of benzene rings is 6. The van der Waals surface area contributed by atoms with Gasteiger partial charge in [-0.2, -0.15) is 8.78 Å². The molecule has 21 N–H and O–H groups in total. The second-order valence-electron chi connectivity index (χ2n) is 29.8. The Bertz CT molecular complexity index is 5000. The fourth-order valence-electron chi connectivity index (χ4n) is 14.4. The van der Waals surface area contributed by atoms with E-state index in [-0.39, 0.29) is 71.4 Å². The van der Waals surface area contributed by atoms with E-state index in [1.807, 2.05) is 13.8 Å². The van der Waals surface area contributed by atoms with Crippen molar-refractivity contribution in [1.29, 1.82) is 0 Å². The number of phenolic OH excluding ortho intramolecular Hbond substituents is 3. The summed E-state index contributed by atoms with van der Waals surface area (Å²) in [7, 11) is 1.47. The van der Waals surface area contributed by atoms with Gasteiger partial charge in [0.15, 0.2) is 23.9 Å². The van der Waals surface area contributed by atoms with Crippen LogP contribution in [0.4, 0.5) is 8.78 Å². The molecule has 8 amide bonds. The van der Waals surface area contributed by atoms with Crippen LogP contribution in [0.15, 0.2) is 109 Å². The Kier molecular flexibility index (Phi) is 26.8. The number of aliphatic hydroxyl groups excluding tert-OH is 6. The summed E-state index contributed by atoms with van der Waals surface area (Å²) >= 11 is 14.3. The first-order valence-electron chi connectivity index (χ1n) is 37.4. The first-order valence-corrected chi connectivity index (χ1v) is 38.2. The second-order valence-corrected chi connectivity index (χ2v) is 30.6. The minimum Gasteiger partial charge on any atom is -0.508 e. The van der Waals surface area contributed by atoms with E-state index in [0.29, 0.717) is 11.4 Å². The Morgan fingerprint density at radius 2 is 1.38 bits per heavy atom. The Morgan fingerprint density at radius 1 is 0.739 bits per heavy atom. The van der Waals surface area contributed by atoms with Crippen molar-refractivity contribution in [3.63, 3.8) is 0 Å². The molecule has 0 saturated carbocycles. The molecule has 0 radical (unpaired) electrons. The predicted molar refractivity (Wildman–Crippen MR) is 411 cm³/mol. The smallest absolute Gasteiger partial charge is 0.387 e. The summed E-state index contributed by atoms with van der Waals surface area (Å²) in [5, 5.41) is 133. The second kappa shape index (κ2) is 36.6. The van der Waals surface area contributed by atoms with E-state index in [1.165, 1.54) is 68.2 Å². The Morgan fingerprint density at radius 3 is 2.00 bits per heavy atom. The highest BCUT2D eigenvalue weighted by molar-refractivity contribution is 6.32. The summed E-state index contributed by atoms with van der Waals surface area (Å²) in [5.41, 5.74) is 9.13. The Hall–Kier alpha value is -11.2. The van der Waals surface area contributed by atoms with Gasteiger partial charge in [-0.15, -0.1) is 5.10 Å². The number of nitrogens with zero attached hydrogens (tertiary/aromatic N) is 3. The molecule has 119 heavy (non-hydrogen) atoms. The van der Waals surface area contributed by atoms with Crippen molar-refractivity contribution in [2.45, 2.75) is 176 Å². The molecule has 8 heterocycles. The van der Waals surface area contributed by atoms with E-state index in [4.69, 9.17) is 63.1 Å². The monoisotopic (exact) mass is 1700 g/mol. The number of aryl methyl sites for hydroxylation is 1. The van der Waals surface area contributed by atoms with E-state index in [2.05, 4.69) is 57.6 Å². The van der Waals surface area contributed by atoms with Crippen LogP contribution in [0.1, 0.15) is 117 Å². The van der Waals surface area contributed by atoms with Gasteiger partial charge in [0.25, 0.3) is 0 Å². The number of hydrogen-bond acceptors (Lipinski definition) is 28. The number of aromatic hydroxyl groups is 3. The van der Waals surface area contributed by atoms with E-state index in [9.17, 15) is 73.9 Å². The number of aromatic nitrogens is 3. The van der Waals surface area contributed by atoms with Crippen molar-refractivity contribution in [3.05, 3.63) is 153 Å². The Labute approximate surface area is 685 Å². The molecule has 0 unspecified atom stereocenters. The molecule has 14 rings (SSSR count). The third-order valence-electron chi connectivity index (χ3n) is 20.6. The minimum absolute atomic E-state index is 0.104. The molecule has 6 aromatic carbocycles. The summed E-state index contributed by atoms with van der Waals surface area (Å²) in [4.78, 5) is 121. The zero-order valence-corrected chi connectivity index (χ0v) is 65.5. The number of hydrogen-bond donors (Lipinski definition) is 19. The molecular formula is C78H87Cl2F2N13O24. The number of amides is 8.